The number of H-pyrrole nitrogens is 1. The number of hydrogen-bond acceptors (Lipinski definition) is 3. The summed E-state index contributed by atoms with van der Waals surface area (Å²) in [6.07, 6.45) is 0.934. The van der Waals surface area contributed by atoms with E-state index in [0.29, 0.717) is 12.5 Å². The molecule has 5 nitrogen and oxygen atoms in total. The molecule has 1 aromatic carbocycles. The molecule has 1 atom stereocenters. The van der Waals surface area contributed by atoms with Crippen LogP contribution in [0.1, 0.15) is 20.3 Å². The smallest absolute Gasteiger partial charge is 0.242 e. The van der Waals surface area contributed by atoms with Gasteiger partial charge >= 0.3 is 0 Å². The number of amides is 1. The quantitative estimate of drug-likeness (QED) is 0.754. The lowest BCUT2D eigenvalue weighted by Crippen LogP contribution is -2.38. The molecule has 1 aromatic heterocycles. The van der Waals surface area contributed by atoms with Gasteiger partial charge in [-0.25, -0.2) is 4.98 Å². The number of nitrogens with one attached hydrogen (secondary N) is 3. The highest BCUT2D eigenvalue weighted by Crippen LogP contribution is 2.13. The van der Waals surface area contributed by atoms with E-state index in [1.54, 1.807) is 0 Å². The predicted molar refractivity (Wildman–Crippen MR) is 72.5 cm³/mol. The van der Waals surface area contributed by atoms with Crippen LogP contribution >= 0.6 is 0 Å². The van der Waals surface area contributed by atoms with Crippen molar-refractivity contribution < 1.29 is 4.79 Å². The Morgan fingerprint density at radius 1 is 1.44 bits per heavy atom. The molecule has 0 radical (unpaired) electrons. The molecule has 3 N–H and O–H groups in total. The monoisotopic (exact) mass is 246 g/mol. The minimum absolute atomic E-state index is 0.0164. The van der Waals surface area contributed by atoms with Crippen molar-refractivity contribution in [1.29, 1.82) is 0 Å². The third kappa shape index (κ3) is 2.80. The molecule has 1 amide bonds. The summed E-state index contributed by atoms with van der Waals surface area (Å²) in [5.41, 5.74) is 1.85. The van der Waals surface area contributed by atoms with Gasteiger partial charge in [-0.1, -0.05) is 19.1 Å². The van der Waals surface area contributed by atoms with Gasteiger partial charge in [-0.2, -0.15) is 0 Å². The maximum Gasteiger partial charge on any atom is 0.242 e. The Balaban J connectivity index is 2.02. The molecule has 0 aliphatic heterocycles. The van der Waals surface area contributed by atoms with Crippen LogP contribution in [0.2, 0.25) is 0 Å². The molecule has 0 saturated carbocycles. The van der Waals surface area contributed by atoms with Crippen LogP contribution in [0.25, 0.3) is 11.0 Å². The molecule has 0 spiro atoms. The van der Waals surface area contributed by atoms with Crippen LogP contribution in [0.15, 0.2) is 24.3 Å². The number of aromatic amines is 1. The summed E-state index contributed by atoms with van der Waals surface area (Å²) < 4.78 is 0. The number of carbonyl (C=O) groups is 1. The van der Waals surface area contributed by atoms with Gasteiger partial charge in [0.25, 0.3) is 0 Å². The van der Waals surface area contributed by atoms with E-state index in [0.717, 1.165) is 17.5 Å². The molecule has 2 rings (SSSR count). The predicted octanol–water partition coefficient (Wildman–Crippen LogP) is 1.89. The second kappa shape index (κ2) is 5.53. The normalized spacial score (nSPS) is 12.3. The molecular formula is C13H18N4O. The summed E-state index contributed by atoms with van der Waals surface area (Å²) in [7, 11) is 0. The number of para-hydroxylation sites is 2. The van der Waals surface area contributed by atoms with Crippen molar-refractivity contribution in [3.63, 3.8) is 0 Å². The maximum atomic E-state index is 11.7. The number of imidazole rings is 1. The second-order valence-electron chi connectivity index (χ2n) is 4.26. The number of carbonyl (C=O) groups excluding carboxylic acids is 1. The summed E-state index contributed by atoms with van der Waals surface area (Å²) in [6, 6.07) is 7.46. The Kier molecular flexibility index (Phi) is 3.82. The van der Waals surface area contributed by atoms with Crippen LogP contribution < -0.4 is 10.6 Å². The molecular weight excluding hydrogens is 228 g/mol. The summed E-state index contributed by atoms with van der Waals surface area (Å²) in [4.78, 5) is 19.2. The number of hydrogen-bond donors (Lipinski definition) is 3. The fraction of sp³-hybridized carbons (Fsp3) is 0.385. The van der Waals surface area contributed by atoms with Crippen molar-refractivity contribution >= 4 is 22.9 Å². The van der Waals surface area contributed by atoms with Crippen LogP contribution in [0.4, 0.5) is 5.95 Å². The van der Waals surface area contributed by atoms with Crippen molar-refractivity contribution in [1.82, 2.24) is 15.3 Å². The molecule has 1 unspecified atom stereocenters. The van der Waals surface area contributed by atoms with Gasteiger partial charge < -0.3 is 15.6 Å². The molecule has 2 aromatic rings. The van der Waals surface area contributed by atoms with E-state index in [9.17, 15) is 4.79 Å². The Morgan fingerprint density at radius 2 is 2.22 bits per heavy atom. The van der Waals surface area contributed by atoms with E-state index in [2.05, 4.69) is 20.6 Å². The molecule has 96 valence electrons. The lowest BCUT2D eigenvalue weighted by atomic mass is 10.3. The Hall–Kier alpha value is -2.04. The first-order valence-corrected chi connectivity index (χ1v) is 6.19. The van der Waals surface area contributed by atoms with E-state index in [-0.39, 0.29) is 11.9 Å². The van der Waals surface area contributed by atoms with Crippen LogP contribution in [0, 0.1) is 0 Å². The lowest BCUT2D eigenvalue weighted by Gasteiger charge is -2.12. The fourth-order valence-corrected chi connectivity index (χ4v) is 1.69. The minimum Gasteiger partial charge on any atom is -0.354 e. The Labute approximate surface area is 106 Å². The number of fused-ring (bicyclic) bond motifs is 1. The van der Waals surface area contributed by atoms with Gasteiger partial charge in [-0.3, -0.25) is 4.79 Å². The zero-order valence-electron chi connectivity index (χ0n) is 10.7. The molecule has 0 fully saturated rings. The van der Waals surface area contributed by atoms with Gasteiger partial charge in [0.2, 0.25) is 11.9 Å². The number of aromatic nitrogens is 2. The lowest BCUT2D eigenvalue weighted by molar-refractivity contribution is -0.121. The van der Waals surface area contributed by atoms with Gasteiger partial charge in [-0.05, 0) is 25.5 Å². The summed E-state index contributed by atoms with van der Waals surface area (Å²) in [6.45, 7) is 4.54. The third-order valence-electron chi connectivity index (χ3n) is 2.69. The number of benzene rings is 1. The fourth-order valence-electron chi connectivity index (χ4n) is 1.69. The highest BCUT2D eigenvalue weighted by atomic mass is 16.2. The third-order valence-corrected chi connectivity index (χ3v) is 2.69. The van der Waals surface area contributed by atoms with Gasteiger partial charge in [-0.15, -0.1) is 0 Å². The first-order valence-electron chi connectivity index (χ1n) is 6.19. The van der Waals surface area contributed by atoms with Crippen molar-refractivity contribution in [3.8, 4) is 0 Å². The van der Waals surface area contributed by atoms with Crippen LogP contribution in [0.5, 0.6) is 0 Å². The minimum atomic E-state index is -0.308. The number of anilines is 1. The average molecular weight is 246 g/mol. The molecule has 5 heteroatoms. The van der Waals surface area contributed by atoms with E-state index in [1.165, 1.54) is 0 Å². The van der Waals surface area contributed by atoms with Crippen molar-refractivity contribution in [3.05, 3.63) is 24.3 Å². The molecule has 0 saturated heterocycles. The average Bonchev–Trinajstić information content (AvgIpc) is 2.77. The highest BCUT2D eigenvalue weighted by molar-refractivity contribution is 5.84. The summed E-state index contributed by atoms with van der Waals surface area (Å²) in [5, 5.41) is 5.90. The Bertz CT molecular complexity index is 502. The van der Waals surface area contributed by atoms with Crippen molar-refractivity contribution in [2.45, 2.75) is 26.3 Å². The second-order valence-corrected chi connectivity index (χ2v) is 4.26. The molecule has 0 aliphatic carbocycles. The van der Waals surface area contributed by atoms with Crippen molar-refractivity contribution in [2.75, 3.05) is 11.9 Å². The van der Waals surface area contributed by atoms with Gasteiger partial charge in [0.1, 0.15) is 6.04 Å². The van der Waals surface area contributed by atoms with E-state index < -0.39 is 0 Å². The standard InChI is InChI=1S/C13H18N4O/c1-3-8-14-12(18)9(2)15-13-16-10-6-4-5-7-11(10)17-13/h4-7,9H,3,8H2,1-2H3,(H,14,18)(H2,15,16,17). The van der Waals surface area contributed by atoms with Gasteiger partial charge in [0.05, 0.1) is 11.0 Å². The topological polar surface area (TPSA) is 69.8 Å². The molecule has 0 bridgehead atoms. The zero-order valence-corrected chi connectivity index (χ0v) is 10.7. The summed E-state index contributed by atoms with van der Waals surface area (Å²) in [5.74, 6) is 0.604. The van der Waals surface area contributed by atoms with E-state index >= 15 is 0 Å². The van der Waals surface area contributed by atoms with E-state index in [4.69, 9.17) is 0 Å². The van der Waals surface area contributed by atoms with Crippen LogP contribution in [-0.4, -0.2) is 28.5 Å². The number of rotatable bonds is 5. The van der Waals surface area contributed by atoms with Gasteiger partial charge in [0, 0.05) is 6.54 Å². The van der Waals surface area contributed by atoms with Crippen LogP contribution in [-0.2, 0) is 4.79 Å². The van der Waals surface area contributed by atoms with E-state index in [1.807, 2.05) is 38.1 Å². The summed E-state index contributed by atoms with van der Waals surface area (Å²) >= 11 is 0. The van der Waals surface area contributed by atoms with Crippen LogP contribution in [0.3, 0.4) is 0 Å². The highest BCUT2D eigenvalue weighted by Gasteiger charge is 2.13. The molecule has 18 heavy (non-hydrogen) atoms. The van der Waals surface area contributed by atoms with Gasteiger partial charge in [0.15, 0.2) is 0 Å². The first-order chi connectivity index (χ1) is 8.70. The molecule has 0 aliphatic rings. The largest absolute Gasteiger partial charge is 0.354 e. The molecule has 1 heterocycles. The zero-order chi connectivity index (χ0) is 13.0. The number of nitrogens with zero attached hydrogens (tertiary/aromatic N) is 1. The SMILES string of the molecule is CCCNC(=O)C(C)Nc1nc2ccccc2[nH]1. The Morgan fingerprint density at radius 3 is 2.94 bits per heavy atom. The first kappa shape index (κ1) is 12.4. The maximum absolute atomic E-state index is 11.7. The van der Waals surface area contributed by atoms with Crippen molar-refractivity contribution in [2.24, 2.45) is 0 Å².